The van der Waals surface area contributed by atoms with Gasteiger partial charge in [-0.25, -0.2) is 4.68 Å². The van der Waals surface area contributed by atoms with Crippen molar-refractivity contribution in [2.75, 3.05) is 7.05 Å². The molecule has 0 bridgehead atoms. The molecule has 0 aliphatic heterocycles. The molecular weight excluding hydrogens is 290 g/mol. The average molecular weight is 308 g/mol. The Morgan fingerprint density at radius 1 is 1.28 bits per heavy atom. The van der Waals surface area contributed by atoms with E-state index in [1.54, 1.807) is 0 Å². The summed E-state index contributed by atoms with van der Waals surface area (Å²) in [5.74, 6) is 0. The van der Waals surface area contributed by atoms with Crippen LogP contribution >= 0.6 is 15.9 Å². The van der Waals surface area contributed by atoms with Crippen LogP contribution in [0.2, 0.25) is 0 Å². The fraction of sp³-hybridized carbons (Fsp3) is 0.357. The van der Waals surface area contributed by atoms with Crippen molar-refractivity contribution in [2.45, 2.75) is 26.8 Å². The third-order valence-electron chi connectivity index (χ3n) is 3.27. The highest BCUT2D eigenvalue weighted by Crippen LogP contribution is 2.27. The Morgan fingerprint density at radius 3 is 2.50 bits per heavy atom. The van der Waals surface area contributed by atoms with E-state index < -0.39 is 0 Å². The lowest BCUT2D eigenvalue weighted by Gasteiger charge is -2.16. The Kier molecular flexibility index (Phi) is 3.88. The minimum Gasteiger partial charge on any atom is -0.313 e. The molecule has 0 aliphatic rings. The minimum absolute atomic E-state index is 0.295. The first kappa shape index (κ1) is 13.3. The zero-order valence-electron chi connectivity index (χ0n) is 11.2. The first-order valence-corrected chi connectivity index (χ1v) is 6.83. The molecule has 2 aromatic rings. The molecule has 1 unspecified atom stereocenters. The van der Waals surface area contributed by atoms with Gasteiger partial charge in [-0.05, 0) is 55.4 Å². The van der Waals surface area contributed by atoms with Gasteiger partial charge in [0.2, 0.25) is 0 Å². The molecule has 0 saturated heterocycles. The van der Waals surface area contributed by atoms with Gasteiger partial charge in [-0.3, -0.25) is 0 Å². The van der Waals surface area contributed by atoms with Crippen molar-refractivity contribution in [3.63, 3.8) is 0 Å². The second-order valence-electron chi connectivity index (χ2n) is 4.47. The topological polar surface area (TPSA) is 29.9 Å². The predicted octanol–water partition coefficient (Wildman–Crippen LogP) is 3.53. The van der Waals surface area contributed by atoms with Gasteiger partial charge in [-0.1, -0.05) is 18.2 Å². The molecule has 0 amide bonds. The molecule has 0 spiro atoms. The van der Waals surface area contributed by atoms with E-state index in [9.17, 15) is 0 Å². The summed E-state index contributed by atoms with van der Waals surface area (Å²) in [6, 6.07) is 8.65. The van der Waals surface area contributed by atoms with Crippen molar-refractivity contribution in [2.24, 2.45) is 0 Å². The van der Waals surface area contributed by atoms with E-state index >= 15 is 0 Å². The number of hydrogen-bond donors (Lipinski definition) is 1. The van der Waals surface area contributed by atoms with Crippen molar-refractivity contribution in [3.05, 3.63) is 45.7 Å². The van der Waals surface area contributed by atoms with Crippen LogP contribution in [0.4, 0.5) is 0 Å². The Labute approximate surface area is 116 Å². The molecule has 1 heterocycles. The van der Waals surface area contributed by atoms with Gasteiger partial charge in [0, 0.05) is 6.04 Å². The molecule has 1 N–H and O–H groups in total. The highest BCUT2D eigenvalue weighted by Gasteiger charge is 2.15. The van der Waals surface area contributed by atoms with E-state index in [-0.39, 0.29) is 0 Å². The number of hydrogen-bond acceptors (Lipinski definition) is 2. The van der Waals surface area contributed by atoms with Crippen LogP contribution in [-0.4, -0.2) is 16.8 Å². The lowest BCUT2D eigenvalue weighted by Crippen LogP contribution is -2.15. The van der Waals surface area contributed by atoms with Gasteiger partial charge in [0.25, 0.3) is 0 Å². The maximum absolute atomic E-state index is 4.60. The van der Waals surface area contributed by atoms with Crippen molar-refractivity contribution in [1.29, 1.82) is 0 Å². The largest absolute Gasteiger partial charge is 0.313 e. The summed E-state index contributed by atoms with van der Waals surface area (Å²) in [5.41, 5.74) is 4.52. The molecule has 2 rings (SSSR count). The maximum atomic E-state index is 4.60. The zero-order valence-corrected chi connectivity index (χ0v) is 12.7. The molecule has 0 aliphatic carbocycles. The highest BCUT2D eigenvalue weighted by molar-refractivity contribution is 9.10. The van der Waals surface area contributed by atoms with Crippen molar-refractivity contribution >= 4 is 15.9 Å². The first-order chi connectivity index (χ1) is 8.56. The number of aryl methyl sites for hydroxylation is 1. The summed E-state index contributed by atoms with van der Waals surface area (Å²) in [4.78, 5) is 0. The Bertz CT molecular complexity index is 560. The quantitative estimate of drug-likeness (QED) is 0.940. The molecule has 1 atom stereocenters. The predicted molar refractivity (Wildman–Crippen MR) is 78.2 cm³/mol. The van der Waals surface area contributed by atoms with Crippen LogP contribution in [0, 0.1) is 13.8 Å². The van der Waals surface area contributed by atoms with Crippen molar-refractivity contribution in [3.8, 4) is 5.69 Å². The maximum Gasteiger partial charge on any atom is 0.0743 e. The Balaban J connectivity index is 2.60. The third kappa shape index (κ3) is 2.22. The second-order valence-corrected chi connectivity index (χ2v) is 5.26. The van der Waals surface area contributed by atoms with E-state index in [4.69, 9.17) is 0 Å². The molecule has 1 aromatic heterocycles. The van der Waals surface area contributed by atoms with Crippen molar-refractivity contribution < 1.29 is 0 Å². The van der Waals surface area contributed by atoms with Crippen LogP contribution in [0.25, 0.3) is 5.69 Å². The molecule has 96 valence electrons. The van der Waals surface area contributed by atoms with E-state index in [1.165, 1.54) is 5.56 Å². The number of aromatic nitrogens is 2. The number of nitrogens with one attached hydrogen (secondary N) is 1. The zero-order chi connectivity index (χ0) is 13.3. The summed E-state index contributed by atoms with van der Waals surface area (Å²) >= 11 is 3.58. The molecular formula is C14H18BrN3. The van der Waals surface area contributed by atoms with Gasteiger partial charge < -0.3 is 5.32 Å². The van der Waals surface area contributed by atoms with Gasteiger partial charge in [0.1, 0.15) is 0 Å². The molecule has 4 heteroatoms. The monoisotopic (exact) mass is 307 g/mol. The number of nitrogens with zero attached hydrogens (tertiary/aromatic N) is 2. The van der Waals surface area contributed by atoms with Gasteiger partial charge >= 0.3 is 0 Å². The van der Waals surface area contributed by atoms with Gasteiger partial charge in [0.15, 0.2) is 0 Å². The van der Waals surface area contributed by atoms with E-state index in [1.807, 2.05) is 24.7 Å². The smallest absolute Gasteiger partial charge is 0.0743 e. The lowest BCUT2D eigenvalue weighted by atomic mass is 10.1. The normalized spacial score (nSPS) is 12.7. The summed E-state index contributed by atoms with van der Waals surface area (Å²) in [6.07, 6.45) is 0. The standard InChI is InChI=1S/C14H18BrN3/c1-9(16-4)12-7-5-6-8-13(12)18-11(3)14(15)10(2)17-18/h5-9,16H,1-4H3. The van der Waals surface area contributed by atoms with Crippen LogP contribution < -0.4 is 5.32 Å². The van der Waals surface area contributed by atoms with Gasteiger partial charge in [0.05, 0.1) is 21.5 Å². The Morgan fingerprint density at radius 2 is 1.94 bits per heavy atom. The first-order valence-electron chi connectivity index (χ1n) is 6.04. The molecule has 3 nitrogen and oxygen atoms in total. The van der Waals surface area contributed by atoms with Gasteiger partial charge in [-0.2, -0.15) is 5.10 Å². The fourth-order valence-corrected chi connectivity index (χ4v) is 2.31. The van der Waals surface area contributed by atoms with E-state index in [0.717, 1.165) is 21.5 Å². The Hall–Kier alpha value is -1.13. The molecule has 0 saturated carbocycles. The highest BCUT2D eigenvalue weighted by atomic mass is 79.9. The minimum atomic E-state index is 0.295. The molecule has 0 radical (unpaired) electrons. The molecule has 0 fully saturated rings. The fourth-order valence-electron chi connectivity index (χ4n) is 2.06. The molecule has 18 heavy (non-hydrogen) atoms. The average Bonchev–Trinajstić information content (AvgIpc) is 2.65. The van der Waals surface area contributed by atoms with Gasteiger partial charge in [-0.15, -0.1) is 0 Å². The lowest BCUT2D eigenvalue weighted by molar-refractivity contribution is 0.642. The molecule has 1 aromatic carbocycles. The van der Waals surface area contributed by atoms with Crippen LogP contribution in [0.1, 0.15) is 29.9 Å². The van der Waals surface area contributed by atoms with Crippen LogP contribution in [-0.2, 0) is 0 Å². The van der Waals surface area contributed by atoms with Crippen LogP contribution in [0.3, 0.4) is 0 Å². The summed E-state index contributed by atoms with van der Waals surface area (Å²) < 4.78 is 3.08. The SMILES string of the molecule is CNC(C)c1ccccc1-n1nc(C)c(Br)c1C. The summed E-state index contributed by atoms with van der Waals surface area (Å²) in [5, 5.41) is 7.88. The number of rotatable bonds is 3. The number of benzene rings is 1. The second kappa shape index (κ2) is 5.24. The van der Waals surface area contributed by atoms with E-state index in [0.29, 0.717) is 6.04 Å². The van der Waals surface area contributed by atoms with Crippen molar-refractivity contribution in [1.82, 2.24) is 15.1 Å². The third-order valence-corrected chi connectivity index (χ3v) is 4.42. The van der Waals surface area contributed by atoms with Crippen LogP contribution in [0.5, 0.6) is 0 Å². The summed E-state index contributed by atoms with van der Waals surface area (Å²) in [7, 11) is 1.97. The number of halogens is 1. The van der Waals surface area contributed by atoms with Crippen LogP contribution in [0.15, 0.2) is 28.7 Å². The summed E-state index contributed by atoms with van der Waals surface area (Å²) in [6.45, 7) is 6.24. The number of para-hydroxylation sites is 1. The van der Waals surface area contributed by atoms with E-state index in [2.05, 4.69) is 58.4 Å².